The quantitative estimate of drug-likeness (QED) is 0.325. The van der Waals surface area contributed by atoms with Crippen molar-refractivity contribution in [2.75, 3.05) is 13.1 Å². The second-order valence-corrected chi connectivity index (χ2v) is 4.30. The van der Waals surface area contributed by atoms with Crippen molar-refractivity contribution in [3.05, 3.63) is 29.6 Å². The van der Waals surface area contributed by atoms with Crippen molar-refractivity contribution in [2.24, 2.45) is 5.73 Å². The summed E-state index contributed by atoms with van der Waals surface area (Å²) in [5, 5.41) is 10.7. The molecule has 0 bridgehead atoms. The SMILES string of the molecule is C#CCNC(=S)N(CCc1ncccc1C)C(=N)N. The molecule has 1 heterocycles. The van der Waals surface area contributed by atoms with Crippen LogP contribution in [0.15, 0.2) is 18.3 Å². The third-order valence-electron chi connectivity index (χ3n) is 2.57. The zero-order chi connectivity index (χ0) is 14.3. The van der Waals surface area contributed by atoms with E-state index in [1.807, 2.05) is 19.1 Å². The van der Waals surface area contributed by atoms with Crippen LogP contribution in [-0.2, 0) is 6.42 Å². The average Bonchev–Trinajstić information content (AvgIpc) is 2.38. The Morgan fingerprint density at radius 2 is 2.42 bits per heavy atom. The van der Waals surface area contributed by atoms with E-state index in [1.54, 1.807) is 6.20 Å². The van der Waals surface area contributed by atoms with Crippen molar-refractivity contribution in [1.82, 2.24) is 15.2 Å². The molecule has 100 valence electrons. The van der Waals surface area contributed by atoms with Crippen LogP contribution in [0.1, 0.15) is 11.3 Å². The zero-order valence-electron chi connectivity index (χ0n) is 10.8. The molecule has 19 heavy (non-hydrogen) atoms. The minimum atomic E-state index is -0.108. The first-order chi connectivity index (χ1) is 9.06. The number of guanidine groups is 1. The Morgan fingerprint density at radius 3 is 3.00 bits per heavy atom. The predicted molar refractivity (Wildman–Crippen MR) is 80.7 cm³/mol. The molecule has 0 aliphatic carbocycles. The van der Waals surface area contributed by atoms with Crippen LogP contribution in [0, 0.1) is 24.7 Å². The number of terminal acetylenes is 1. The van der Waals surface area contributed by atoms with Gasteiger partial charge in [0.1, 0.15) is 0 Å². The Bertz CT molecular complexity index is 506. The summed E-state index contributed by atoms with van der Waals surface area (Å²) in [6.07, 6.45) is 7.55. The third-order valence-corrected chi connectivity index (χ3v) is 2.93. The Labute approximate surface area is 118 Å². The predicted octanol–water partition coefficient (Wildman–Crippen LogP) is 0.636. The van der Waals surface area contributed by atoms with Crippen LogP contribution in [0.3, 0.4) is 0 Å². The highest BCUT2D eigenvalue weighted by molar-refractivity contribution is 7.80. The fourth-order valence-corrected chi connectivity index (χ4v) is 1.81. The maximum Gasteiger partial charge on any atom is 0.194 e. The lowest BCUT2D eigenvalue weighted by atomic mass is 10.1. The van der Waals surface area contributed by atoms with Gasteiger partial charge >= 0.3 is 0 Å². The topological polar surface area (TPSA) is 78.0 Å². The lowest BCUT2D eigenvalue weighted by Crippen LogP contribution is -2.47. The number of nitrogens with one attached hydrogen (secondary N) is 2. The van der Waals surface area contributed by atoms with Crippen molar-refractivity contribution in [1.29, 1.82) is 5.41 Å². The minimum absolute atomic E-state index is 0.108. The van der Waals surface area contributed by atoms with Gasteiger partial charge in [-0.15, -0.1) is 6.42 Å². The van der Waals surface area contributed by atoms with Gasteiger partial charge in [-0.3, -0.25) is 15.3 Å². The van der Waals surface area contributed by atoms with E-state index in [0.717, 1.165) is 11.3 Å². The lowest BCUT2D eigenvalue weighted by Gasteiger charge is -2.23. The number of hydrogen-bond acceptors (Lipinski definition) is 3. The van der Waals surface area contributed by atoms with Crippen molar-refractivity contribution in [3.8, 4) is 12.3 Å². The van der Waals surface area contributed by atoms with Crippen LogP contribution < -0.4 is 11.1 Å². The van der Waals surface area contributed by atoms with E-state index in [1.165, 1.54) is 4.90 Å². The molecule has 0 radical (unpaired) electrons. The fraction of sp³-hybridized carbons (Fsp3) is 0.308. The molecule has 0 spiro atoms. The molecule has 5 nitrogen and oxygen atoms in total. The molecule has 1 rings (SSSR count). The summed E-state index contributed by atoms with van der Waals surface area (Å²) in [4.78, 5) is 5.80. The van der Waals surface area contributed by atoms with Gasteiger partial charge in [0.25, 0.3) is 0 Å². The fourth-order valence-electron chi connectivity index (χ4n) is 1.55. The van der Waals surface area contributed by atoms with Gasteiger partial charge in [-0.05, 0) is 30.8 Å². The number of pyridine rings is 1. The van der Waals surface area contributed by atoms with Gasteiger partial charge in [0.15, 0.2) is 11.1 Å². The maximum absolute atomic E-state index is 7.54. The molecule has 0 saturated heterocycles. The molecule has 1 aromatic rings. The van der Waals surface area contributed by atoms with Crippen LogP contribution in [-0.4, -0.2) is 34.0 Å². The lowest BCUT2D eigenvalue weighted by molar-refractivity contribution is 0.579. The molecule has 0 aliphatic heterocycles. The summed E-state index contributed by atoms with van der Waals surface area (Å²) < 4.78 is 0. The summed E-state index contributed by atoms with van der Waals surface area (Å²) >= 11 is 5.14. The first kappa shape index (κ1) is 14.9. The third kappa shape index (κ3) is 4.56. The highest BCUT2D eigenvalue weighted by Gasteiger charge is 2.12. The molecule has 0 fully saturated rings. The van der Waals surface area contributed by atoms with Gasteiger partial charge in [0, 0.05) is 24.9 Å². The molecule has 0 unspecified atom stereocenters. The maximum atomic E-state index is 7.54. The highest BCUT2D eigenvalue weighted by atomic mass is 32.1. The molecule has 0 aromatic carbocycles. The number of aromatic nitrogens is 1. The molecule has 0 atom stereocenters. The molecule has 1 aromatic heterocycles. The Hall–Kier alpha value is -2.13. The van der Waals surface area contributed by atoms with E-state index in [0.29, 0.717) is 24.6 Å². The number of nitrogens with zero attached hydrogens (tertiary/aromatic N) is 2. The van der Waals surface area contributed by atoms with Gasteiger partial charge < -0.3 is 11.1 Å². The standard InChI is InChI=1S/C13H17N5S/c1-3-7-17-13(19)18(12(14)15)9-6-11-10(2)5-4-8-16-11/h1,4-5,8H,6-7,9H2,2H3,(H3,14,15)(H,17,19). The van der Waals surface area contributed by atoms with E-state index in [2.05, 4.69) is 16.2 Å². The molecule has 0 aliphatic rings. The monoisotopic (exact) mass is 275 g/mol. The van der Waals surface area contributed by atoms with Gasteiger partial charge in [0.05, 0.1) is 6.54 Å². The molecular weight excluding hydrogens is 258 g/mol. The van der Waals surface area contributed by atoms with E-state index in [-0.39, 0.29) is 5.96 Å². The van der Waals surface area contributed by atoms with Crippen molar-refractivity contribution in [3.63, 3.8) is 0 Å². The molecule has 4 N–H and O–H groups in total. The molecule has 0 amide bonds. The van der Waals surface area contributed by atoms with Crippen LogP contribution in [0.5, 0.6) is 0 Å². The highest BCUT2D eigenvalue weighted by Crippen LogP contribution is 2.05. The zero-order valence-corrected chi connectivity index (χ0v) is 11.6. The Kier molecular flexibility index (Phi) is 5.76. The van der Waals surface area contributed by atoms with Crippen LogP contribution in [0.4, 0.5) is 0 Å². The number of thiocarbonyl (C=S) groups is 1. The van der Waals surface area contributed by atoms with E-state index in [9.17, 15) is 0 Å². The second-order valence-electron chi connectivity index (χ2n) is 3.92. The normalized spacial score (nSPS) is 9.47. The van der Waals surface area contributed by atoms with Crippen LogP contribution in [0.2, 0.25) is 0 Å². The van der Waals surface area contributed by atoms with Crippen LogP contribution >= 0.6 is 12.2 Å². The Morgan fingerprint density at radius 1 is 1.68 bits per heavy atom. The first-order valence-electron chi connectivity index (χ1n) is 5.79. The van der Waals surface area contributed by atoms with E-state index in [4.69, 9.17) is 29.8 Å². The van der Waals surface area contributed by atoms with Gasteiger partial charge in [0.2, 0.25) is 0 Å². The van der Waals surface area contributed by atoms with E-state index >= 15 is 0 Å². The summed E-state index contributed by atoms with van der Waals surface area (Å²) in [7, 11) is 0. The number of hydrogen-bond donors (Lipinski definition) is 3. The second kappa shape index (κ2) is 7.34. The Balaban J connectivity index is 2.65. The van der Waals surface area contributed by atoms with Crippen molar-refractivity contribution in [2.45, 2.75) is 13.3 Å². The van der Waals surface area contributed by atoms with Gasteiger partial charge in [-0.25, -0.2) is 0 Å². The molecular formula is C13H17N5S. The average molecular weight is 275 g/mol. The minimum Gasteiger partial charge on any atom is -0.370 e. The molecule has 6 heteroatoms. The number of nitrogens with two attached hydrogens (primary N) is 1. The summed E-state index contributed by atoms with van der Waals surface area (Å²) in [5.74, 6) is 2.32. The van der Waals surface area contributed by atoms with Crippen LogP contribution in [0.25, 0.3) is 0 Å². The largest absolute Gasteiger partial charge is 0.370 e. The van der Waals surface area contributed by atoms with Gasteiger partial charge in [-0.1, -0.05) is 12.0 Å². The summed E-state index contributed by atoms with van der Waals surface area (Å²) in [6, 6.07) is 3.88. The molecule has 0 saturated carbocycles. The van der Waals surface area contributed by atoms with Crippen molar-refractivity contribution < 1.29 is 0 Å². The number of rotatable bonds is 4. The van der Waals surface area contributed by atoms with Crippen molar-refractivity contribution >= 4 is 23.3 Å². The number of aryl methyl sites for hydroxylation is 1. The van der Waals surface area contributed by atoms with Gasteiger partial charge in [-0.2, -0.15) is 0 Å². The summed E-state index contributed by atoms with van der Waals surface area (Å²) in [5.41, 5.74) is 7.59. The van der Waals surface area contributed by atoms with E-state index < -0.39 is 0 Å². The summed E-state index contributed by atoms with van der Waals surface area (Å²) in [6.45, 7) is 2.80. The smallest absolute Gasteiger partial charge is 0.194 e. The first-order valence-corrected chi connectivity index (χ1v) is 6.20.